The molecule has 0 unspecified atom stereocenters. The molecule has 3 atom stereocenters. The summed E-state index contributed by atoms with van der Waals surface area (Å²) in [5, 5.41) is 3.22. The van der Waals surface area contributed by atoms with Crippen molar-refractivity contribution in [1.29, 1.82) is 0 Å². The van der Waals surface area contributed by atoms with Crippen molar-refractivity contribution < 1.29 is 13.6 Å². The van der Waals surface area contributed by atoms with Crippen molar-refractivity contribution in [3.05, 3.63) is 41.1 Å². The number of amides is 1. The molecule has 146 valence electrons. The maximum absolute atomic E-state index is 13.6. The first-order valence-electron chi connectivity index (χ1n) is 9.91. The number of hydrogen-bond donors (Lipinski definition) is 1. The number of allylic oxidation sites excluding steroid dienone is 1. The highest BCUT2D eigenvalue weighted by atomic mass is 19.2. The van der Waals surface area contributed by atoms with Gasteiger partial charge in [-0.05, 0) is 45.4 Å². The predicted octanol–water partition coefficient (Wildman–Crippen LogP) is 3.63. The molecule has 7 heteroatoms. The number of carbonyl (C=O) groups is 1. The van der Waals surface area contributed by atoms with Crippen molar-refractivity contribution in [1.82, 2.24) is 15.3 Å². The fraction of sp³-hybridized carbons (Fsp3) is 0.476. The van der Waals surface area contributed by atoms with Crippen LogP contribution < -0.4 is 10.2 Å². The number of fused-ring (bicyclic) bond motifs is 3. The second-order valence-electron chi connectivity index (χ2n) is 8.09. The zero-order chi connectivity index (χ0) is 19.4. The minimum absolute atomic E-state index is 0.0364. The molecule has 3 fully saturated rings. The molecule has 1 aliphatic carbocycles. The van der Waals surface area contributed by atoms with Gasteiger partial charge in [0.05, 0.1) is 29.3 Å². The minimum atomic E-state index is -0.923. The zero-order valence-corrected chi connectivity index (χ0v) is 15.7. The third kappa shape index (κ3) is 2.75. The topological polar surface area (TPSA) is 58.1 Å². The number of aromatic nitrogens is 2. The van der Waals surface area contributed by atoms with Gasteiger partial charge in [0, 0.05) is 23.7 Å². The summed E-state index contributed by atoms with van der Waals surface area (Å²) in [5.74, 6) is -1.14. The number of benzene rings is 1. The lowest BCUT2D eigenvalue weighted by atomic mass is 9.88. The van der Waals surface area contributed by atoms with Crippen LogP contribution in [-0.4, -0.2) is 34.0 Å². The molecule has 2 saturated heterocycles. The Hall–Kier alpha value is -2.57. The Balaban J connectivity index is 1.39. The van der Waals surface area contributed by atoms with Gasteiger partial charge < -0.3 is 10.2 Å². The van der Waals surface area contributed by atoms with Gasteiger partial charge in [-0.1, -0.05) is 5.57 Å². The van der Waals surface area contributed by atoms with Gasteiger partial charge in [0.1, 0.15) is 5.82 Å². The number of rotatable bonds is 3. The van der Waals surface area contributed by atoms with Gasteiger partial charge in [-0.2, -0.15) is 0 Å². The largest absolute Gasteiger partial charge is 0.347 e. The van der Waals surface area contributed by atoms with Crippen LogP contribution >= 0.6 is 0 Å². The molecule has 0 spiro atoms. The highest BCUT2D eigenvalue weighted by molar-refractivity contribution is 5.94. The van der Waals surface area contributed by atoms with Crippen molar-refractivity contribution in [3.63, 3.8) is 0 Å². The average molecular weight is 384 g/mol. The second-order valence-corrected chi connectivity index (χ2v) is 8.09. The first-order chi connectivity index (χ1) is 13.5. The van der Waals surface area contributed by atoms with E-state index in [2.05, 4.69) is 20.2 Å². The molecular formula is C21H22F2N4O. The SMILES string of the molecule is CC(C(=O)N[C@@H]1C[C@@H]2CC[C@H]1N2c1cnc2cc(F)c(F)cc2n1)=C1CCC1. The van der Waals surface area contributed by atoms with E-state index in [1.165, 1.54) is 12.0 Å². The number of nitrogens with one attached hydrogen (secondary N) is 1. The molecule has 5 rings (SSSR count). The summed E-state index contributed by atoms with van der Waals surface area (Å²) in [4.78, 5) is 23.6. The lowest BCUT2D eigenvalue weighted by Crippen LogP contribution is -2.44. The number of nitrogens with zero attached hydrogens (tertiary/aromatic N) is 3. The smallest absolute Gasteiger partial charge is 0.247 e. The maximum Gasteiger partial charge on any atom is 0.247 e. The number of halogens is 2. The van der Waals surface area contributed by atoms with Gasteiger partial charge >= 0.3 is 0 Å². The van der Waals surface area contributed by atoms with Crippen LogP contribution in [0, 0.1) is 11.6 Å². The third-order valence-electron chi connectivity index (χ3n) is 6.52. The van der Waals surface area contributed by atoms with Crippen LogP contribution in [0.1, 0.15) is 45.4 Å². The van der Waals surface area contributed by atoms with Crippen LogP contribution in [0.3, 0.4) is 0 Å². The standard InChI is InChI=1S/C21H22F2N4O/c1-11(12-3-2-4-12)21(28)26-18-7-13-5-6-19(18)27(13)20-10-24-16-8-14(22)15(23)9-17(16)25-20/h8-10,13,18-19H,2-7H2,1H3,(H,26,28)/t13-,18+,19+/m0/s1. The van der Waals surface area contributed by atoms with Gasteiger partial charge in [-0.25, -0.2) is 13.8 Å². The molecule has 2 aromatic rings. The van der Waals surface area contributed by atoms with Crippen molar-refractivity contribution in [3.8, 4) is 0 Å². The van der Waals surface area contributed by atoms with E-state index in [9.17, 15) is 13.6 Å². The normalized spacial score (nSPS) is 25.9. The van der Waals surface area contributed by atoms with E-state index in [1.807, 2.05) is 6.92 Å². The highest BCUT2D eigenvalue weighted by Gasteiger charge is 2.47. The quantitative estimate of drug-likeness (QED) is 0.821. The second kappa shape index (κ2) is 6.50. The average Bonchev–Trinajstić information content (AvgIpc) is 3.18. The van der Waals surface area contributed by atoms with Crippen molar-refractivity contribution in [2.75, 3.05) is 4.90 Å². The van der Waals surface area contributed by atoms with E-state index < -0.39 is 11.6 Å². The molecule has 5 nitrogen and oxygen atoms in total. The van der Waals surface area contributed by atoms with Crippen molar-refractivity contribution >= 4 is 22.8 Å². The molecule has 1 N–H and O–H groups in total. The summed E-state index contributed by atoms with van der Waals surface area (Å²) in [7, 11) is 0. The van der Waals surface area contributed by atoms with Crippen molar-refractivity contribution in [2.45, 2.75) is 63.6 Å². The third-order valence-corrected chi connectivity index (χ3v) is 6.52. The Bertz CT molecular complexity index is 999. The van der Waals surface area contributed by atoms with Gasteiger partial charge in [0.15, 0.2) is 11.6 Å². The summed E-state index contributed by atoms with van der Waals surface area (Å²) in [6.45, 7) is 1.91. The molecule has 1 saturated carbocycles. The van der Waals surface area contributed by atoms with Gasteiger partial charge in [0.25, 0.3) is 0 Å². The summed E-state index contributed by atoms with van der Waals surface area (Å²) in [6.07, 6.45) is 7.75. The van der Waals surface area contributed by atoms with Crippen molar-refractivity contribution in [2.24, 2.45) is 0 Å². The number of anilines is 1. The molecule has 1 amide bonds. The van der Waals surface area contributed by atoms with Crippen LogP contribution in [0.15, 0.2) is 29.5 Å². The van der Waals surface area contributed by atoms with Crippen LogP contribution in [0.2, 0.25) is 0 Å². The molecule has 1 aromatic heterocycles. The Morgan fingerprint density at radius 3 is 2.64 bits per heavy atom. The molecule has 28 heavy (non-hydrogen) atoms. The fourth-order valence-electron chi connectivity index (χ4n) is 4.79. The Morgan fingerprint density at radius 1 is 1.18 bits per heavy atom. The van der Waals surface area contributed by atoms with E-state index in [0.717, 1.165) is 49.8 Å². The Kier molecular flexibility index (Phi) is 4.07. The monoisotopic (exact) mass is 384 g/mol. The predicted molar refractivity (Wildman–Crippen MR) is 102 cm³/mol. The lowest BCUT2D eigenvalue weighted by molar-refractivity contribution is -0.118. The van der Waals surface area contributed by atoms with E-state index in [1.54, 1.807) is 6.20 Å². The first kappa shape index (κ1) is 17.5. The van der Waals surface area contributed by atoms with Gasteiger partial charge in [-0.3, -0.25) is 9.78 Å². The maximum atomic E-state index is 13.6. The Morgan fingerprint density at radius 2 is 1.93 bits per heavy atom. The zero-order valence-electron chi connectivity index (χ0n) is 15.7. The van der Waals surface area contributed by atoms with E-state index in [0.29, 0.717) is 16.9 Å². The summed E-state index contributed by atoms with van der Waals surface area (Å²) >= 11 is 0. The molecule has 2 bridgehead atoms. The van der Waals surface area contributed by atoms with Crippen LogP contribution in [-0.2, 0) is 4.79 Å². The fourth-order valence-corrected chi connectivity index (χ4v) is 4.79. The molecule has 0 radical (unpaired) electrons. The van der Waals surface area contributed by atoms with Crippen LogP contribution in [0.25, 0.3) is 11.0 Å². The van der Waals surface area contributed by atoms with Gasteiger partial charge in [0.2, 0.25) is 5.91 Å². The van der Waals surface area contributed by atoms with E-state index in [-0.39, 0.29) is 24.0 Å². The minimum Gasteiger partial charge on any atom is -0.347 e. The summed E-state index contributed by atoms with van der Waals surface area (Å²) < 4.78 is 27.0. The Labute approximate surface area is 161 Å². The van der Waals surface area contributed by atoms with Gasteiger partial charge in [-0.15, -0.1) is 0 Å². The molecule has 3 heterocycles. The van der Waals surface area contributed by atoms with E-state index in [4.69, 9.17) is 0 Å². The van der Waals surface area contributed by atoms with Crippen LogP contribution in [0.5, 0.6) is 0 Å². The molecular weight excluding hydrogens is 362 g/mol. The summed E-state index contributed by atoms with van der Waals surface area (Å²) in [6, 6.07) is 2.67. The molecule has 2 aliphatic heterocycles. The van der Waals surface area contributed by atoms with E-state index >= 15 is 0 Å². The summed E-state index contributed by atoms with van der Waals surface area (Å²) in [5.41, 5.74) is 2.81. The first-order valence-corrected chi connectivity index (χ1v) is 9.91. The number of hydrogen-bond acceptors (Lipinski definition) is 4. The number of carbonyl (C=O) groups excluding carboxylic acids is 1. The van der Waals surface area contributed by atoms with Crippen LogP contribution in [0.4, 0.5) is 14.6 Å². The highest BCUT2D eigenvalue weighted by Crippen LogP contribution is 2.41. The molecule has 3 aliphatic rings. The lowest BCUT2D eigenvalue weighted by Gasteiger charge is -2.27. The molecule has 1 aromatic carbocycles.